The molecular weight excluding hydrogens is 440 g/mol. The second-order valence-electron chi connectivity index (χ2n) is 8.41. The quantitative estimate of drug-likeness (QED) is 0.244. The molecule has 0 aromatic heterocycles. The van der Waals surface area contributed by atoms with Gasteiger partial charge in [0.1, 0.15) is 23.6 Å². The highest BCUT2D eigenvalue weighted by molar-refractivity contribution is 5.60. The molecule has 0 spiro atoms. The Morgan fingerprint density at radius 1 is 0.444 bits per heavy atom. The molecule has 0 atom stereocenters. The fraction of sp³-hybridized carbons (Fsp3) is 0.0303. The van der Waals surface area contributed by atoms with E-state index in [1.54, 1.807) is 18.2 Å². The first kappa shape index (κ1) is 22.7. The van der Waals surface area contributed by atoms with E-state index in [1.165, 1.54) is 16.7 Å². The number of hydrogen-bond donors (Lipinski definition) is 0. The van der Waals surface area contributed by atoms with Gasteiger partial charge in [0, 0.05) is 0 Å². The molecule has 170 valence electrons. The molecule has 0 amide bonds. The molecule has 3 heteroatoms. The number of nitrogens with zero attached hydrogens (tertiary/aromatic N) is 2. The van der Waals surface area contributed by atoms with Gasteiger partial charge in [0.2, 0.25) is 0 Å². The predicted octanol–water partition coefficient (Wildman–Crippen LogP) is 7.60. The normalized spacial score (nSPS) is 10.7. The Hall–Kier alpha value is -5.12. The van der Waals surface area contributed by atoms with Crippen molar-refractivity contribution in [2.24, 2.45) is 0 Å². The fourth-order valence-corrected chi connectivity index (χ4v) is 4.75. The monoisotopic (exact) mass is 462 g/mol. The molecule has 5 aromatic carbocycles. The first-order chi connectivity index (χ1) is 17.8. The minimum Gasteiger partial charge on any atom is -0.457 e. The minimum atomic E-state index is -0.523. The van der Waals surface area contributed by atoms with Crippen LogP contribution in [0.5, 0.6) is 11.5 Å². The Labute approximate surface area is 211 Å². The van der Waals surface area contributed by atoms with Crippen molar-refractivity contribution in [3.63, 3.8) is 0 Å². The lowest BCUT2D eigenvalue weighted by Gasteiger charge is -2.36. The van der Waals surface area contributed by atoms with Gasteiger partial charge in [0.25, 0.3) is 0 Å². The van der Waals surface area contributed by atoms with Crippen LogP contribution in [0, 0.1) is 22.7 Å². The fourth-order valence-electron chi connectivity index (χ4n) is 4.75. The van der Waals surface area contributed by atoms with Crippen LogP contribution in [0.1, 0.15) is 33.4 Å². The number of rotatable bonds is 6. The van der Waals surface area contributed by atoms with E-state index >= 15 is 0 Å². The van der Waals surface area contributed by atoms with Crippen LogP contribution in [-0.4, -0.2) is 0 Å². The maximum absolute atomic E-state index is 9.33. The lowest BCUT2D eigenvalue weighted by atomic mass is 9.65. The second kappa shape index (κ2) is 10.0. The van der Waals surface area contributed by atoms with Gasteiger partial charge in [-0.2, -0.15) is 10.5 Å². The summed E-state index contributed by atoms with van der Waals surface area (Å²) in [5.74, 6) is 1.16. The summed E-state index contributed by atoms with van der Waals surface area (Å²) >= 11 is 0. The molecule has 0 heterocycles. The molecule has 0 aliphatic rings. The molecule has 0 saturated heterocycles. The largest absolute Gasteiger partial charge is 0.457 e. The van der Waals surface area contributed by atoms with Gasteiger partial charge in [-0.3, -0.25) is 0 Å². The molecule has 0 bridgehead atoms. The number of ether oxygens (including phenoxy) is 1. The zero-order valence-corrected chi connectivity index (χ0v) is 19.5. The number of benzene rings is 5. The minimum absolute atomic E-state index is 0.294. The van der Waals surface area contributed by atoms with Gasteiger partial charge in [-0.1, -0.05) is 103 Å². The molecule has 0 aliphatic carbocycles. The highest BCUT2D eigenvalue weighted by Crippen LogP contribution is 2.45. The van der Waals surface area contributed by atoms with E-state index in [0.29, 0.717) is 22.6 Å². The summed E-state index contributed by atoms with van der Waals surface area (Å²) in [5.41, 5.74) is 4.72. The van der Waals surface area contributed by atoms with Gasteiger partial charge in [-0.25, -0.2) is 0 Å². The average molecular weight is 463 g/mol. The van der Waals surface area contributed by atoms with E-state index in [9.17, 15) is 10.5 Å². The van der Waals surface area contributed by atoms with Crippen molar-refractivity contribution in [3.05, 3.63) is 167 Å². The van der Waals surface area contributed by atoms with Gasteiger partial charge in [0.15, 0.2) is 0 Å². The molecule has 0 N–H and O–H groups in total. The number of hydrogen-bond acceptors (Lipinski definition) is 3. The SMILES string of the molecule is N#Cc1ccc(Oc2ccc(C(c3ccccc3)(c3ccccc3)c3ccccc3)cc2)cc1C#N. The summed E-state index contributed by atoms with van der Waals surface area (Å²) < 4.78 is 6.04. The topological polar surface area (TPSA) is 56.8 Å². The average Bonchev–Trinajstić information content (AvgIpc) is 2.96. The Kier molecular flexibility index (Phi) is 6.31. The molecular formula is C33H22N2O. The first-order valence-corrected chi connectivity index (χ1v) is 11.6. The van der Waals surface area contributed by atoms with Crippen molar-refractivity contribution < 1.29 is 4.74 Å². The van der Waals surface area contributed by atoms with Crippen molar-refractivity contribution in [2.45, 2.75) is 5.41 Å². The van der Waals surface area contributed by atoms with Crippen molar-refractivity contribution in [1.82, 2.24) is 0 Å². The van der Waals surface area contributed by atoms with Crippen molar-refractivity contribution in [1.29, 1.82) is 10.5 Å². The van der Waals surface area contributed by atoms with Crippen LogP contribution in [0.15, 0.2) is 133 Å². The first-order valence-electron chi connectivity index (χ1n) is 11.6. The summed E-state index contributed by atoms with van der Waals surface area (Å²) in [6, 6.07) is 48.7. The van der Waals surface area contributed by atoms with Crippen LogP contribution >= 0.6 is 0 Å². The molecule has 5 aromatic rings. The Morgan fingerprint density at radius 2 is 0.861 bits per heavy atom. The van der Waals surface area contributed by atoms with E-state index in [1.807, 2.05) is 36.4 Å². The zero-order valence-electron chi connectivity index (χ0n) is 19.5. The van der Waals surface area contributed by atoms with Gasteiger partial charge in [0.05, 0.1) is 16.5 Å². The van der Waals surface area contributed by atoms with Crippen molar-refractivity contribution in [2.75, 3.05) is 0 Å². The molecule has 0 unspecified atom stereocenters. The molecule has 0 fully saturated rings. The molecule has 0 aliphatic heterocycles. The highest BCUT2D eigenvalue weighted by Gasteiger charge is 2.38. The summed E-state index contributed by atoms with van der Waals surface area (Å²) in [7, 11) is 0. The van der Waals surface area contributed by atoms with Gasteiger partial charge in [-0.15, -0.1) is 0 Å². The molecule has 0 radical (unpaired) electrons. The van der Waals surface area contributed by atoms with Crippen LogP contribution in [-0.2, 0) is 5.41 Å². The Balaban J connectivity index is 1.63. The maximum atomic E-state index is 9.33. The molecule has 0 saturated carbocycles. The van der Waals surface area contributed by atoms with E-state index in [2.05, 4.69) is 91.0 Å². The van der Waals surface area contributed by atoms with Crippen molar-refractivity contribution in [3.8, 4) is 23.6 Å². The zero-order chi connectivity index (χ0) is 24.8. The van der Waals surface area contributed by atoms with Gasteiger partial charge in [-0.05, 0) is 52.6 Å². The molecule has 36 heavy (non-hydrogen) atoms. The Morgan fingerprint density at radius 3 is 1.31 bits per heavy atom. The van der Waals surface area contributed by atoms with Gasteiger partial charge < -0.3 is 4.74 Å². The van der Waals surface area contributed by atoms with E-state index < -0.39 is 5.41 Å². The van der Waals surface area contributed by atoms with Crippen LogP contribution in [0.3, 0.4) is 0 Å². The molecule has 5 rings (SSSR count). The second-order valence-corrected chi connectivity index (χ2v) is 8.41. The summed E-state index contributed by atoms with van der Waals surface area (Å²) in [6.07, 6.45) is 0. The number of nitriles is 2. The van der Waals surface area contributed by atoms with E-state index in [0.717, 1.165) is 5.56 Å². The Bertz CT molecular complexity index is 1450. The molecule has 3 nitrogen and oxygen atoms in total. The summed E-state index contributed by atoms with van der Waals surface area (Å²) in [4.78, 5) is 0. The summed E-state index contributed by atoms with van der Waals surface area (Å²) in [6.45, 7) is 0. The third kappa shape index (κ3) is 4.11. The van der Waals surface area contributed by atoms with E-state index in [-0.39, 0.29) is 0 Å². The lowest BCUT2D eigenvalue weighted by molar-refractivity contribution is 0.482. The van der Waals surface area contributed by atoms with Crippen molar-refractivity contribution >= 4 is 0 Å². The predicted molar refractivity (Wildman–Crippen MR) is 141 cm³/mol. The van der Waals surface area contributed by atoms with Crippen LogP contribution in [0.2, 0.25) is 0 Å². The maximum Gasteiger partial charge on any atom is 0.128 e. The standard InChI is InChI=1S/C33H22N2O/c34-23-25-16-19-32(22-26(25)24-35)36-31-20-17-30(18-21-31)33(27-10-4-1-5-11-27,28-12-6-2-7-13-28)29-14-8-3-9-15-29/h1-22H. The highest BCUT2D eigenvalue weighted by atomic mass is 16.5. The lowest BCUT2D eigenvalue weighted by Crippen LogP contribution is -2.30. The van der Waals surface area contributed by atoms with Gasteiger partial charge >= 0.3 is 0 Å². The smallest absolute Gasteiger partial charge is 0.128 e. The third-order valence-corrected chi connectivity index (χ3v) is 6.38. The third-order valence-electron chi connectivity index (χ3n) is 6.38. The van der Waals surface area contributed by atoms with Crippen LogP contribution < -0.4 is 4.74 Å². The summed E-state index contributed by atoms with van der Waals surface area (Å²) in [5, 5.41) is 18.5. The van der Waals surface area contributed by atoms with Crippen LogP contribution in [0.4, 0.5) is 0 Å². The van der Waals surface area contributed by atoms with Crippen LogP contribution in [0.25, 0.3) is 0 Å². The van der Waals surface area contributed by atoms with E-state index in [4.69, 9.17) is 4.74 Å².